The molecule has 2 aromatic heterocycles. The van der Waals surface area contributed by atoms with Crippen molar-refractivity contribution >= 4 is 6.03 Å². The highest BCUT2D eigenvalue weighted by Gasteiger charge is 2.26. The van der Waals surface area contributed by atoms with E-state index < -0.39 is 0 Å². The fourth-order valence-corrected chi connectivity index (χ4v) is 2.76. The molecule has 3 rings (SSSR count). The third kappa shape index (κ3) is 4.40. The van der Waals surface area contributed by atoms with Crippen LogP contribution < -0.4 is 5.48 Å². The monoisotopic (exact) mass is 354 g/mol. The molecule has 2 amide bonds. The van der Waals surface area contributed by atoms with Crippen molar-refractivity contribution < 1.29 is 9.63 Å². The molecule has 1 aliphatic rings. The zero-order valence-electron chi connectivity index (χ0n) is 14.7. The van der Waals surface area contributed by atoms with Gasteiger partial charge in [-0.05, 0) is 25.8 Å². The Balaban J connectivity index is 1.58. The largest absolute Gasteiger partial charge is 0.341 e. The van der Waals surface area contributed by atoms with Crippen LogP contribution in [0.5, 0.6) is 0 Å². The van der Waals surface area contributed by atoms with E-state index in [4.69, 9.17) is 4.84 Å². The summed E-state index contributed by atoms with van der Waals surface area (Å²) >= 11 is 0. The number of likely N-dealkylation sites (tertiary alicyclic amines) is 1. The molecule has 0 spiro atoms. The van der Waals surface area contributed by atoms with Crippen LogP contribution in [0, 0.1) is 0 Å². The Labute approximate surface area is 152 Å². The van der Waals surface area contributed by atoms with E-state index in [1.165, 1.54) is 6.33 Å². The Morgan fingerprint density at radius 3 is 2.81 bits per heavy atom. The van der Waals surface area contributed by atoms with E-state index in [0.29, 0.717) is 13.1 Å². The molecule has 8 heteroatoms. The van der Waals surface area contributed by atoms with Crippen molar-refractivity contribution in [2.24, 2.45) is 0 Å². The first kappa shape index (κ1) is 17.9. The van der Waals surface area contributed by atoms with Crippen LogP contribution in [0.25, 0.3) is 11.3 Å². The minimum Gasteiger partial charge on any atom is -0.323 e. The number of hydrogen-bond acceptors (Lipinski definition) is 6. The summed E-state index contributed by atoms with van der Waals surface area (Å²) in [4.78, 5) is 36.2. The second kappa shape index (κ2) is 8.48. The van der Waals surface area contributed by atoms with Crippen LogP contribution in [0.3, 0.4) is 0 Å². The number of nitrogens with zero attached hydrogens (tertiary/aromatic N) is 5. The lowest BCUT2D eigenvalue weighted by Crippen LogP contribution is -2.45. The molecule has 0 aliphatic carbocycles. The second-order valence-electron chi connectivity index (χ2n) is 6.15. The minimum absolute atomic E-state index is 0.219. The van der Waals surface area contributed by atoms with E-state index in [0.717, 1.165) is 29.9 Å². The van der Waals surface area contributed by atoms with Crippen LogP contribution in [0.4, 0.5) is 4.79 Å². The lowest BCUT2D eigenvalue weighted by atomic mass is 9.96. The number of piperidine rings is 1. The number of nitrogens with one attached hydrogen (secondary N) is 1. The van der Waals surface area contributed by atoms with Crippen LogP contribution >= 0.6 is 0 Å². The second-order valence-corrected chi connectivity index (χ2v) is 6.15. The topological polar surface area (TPSA) is 93.1 Å². The number of carbonyl (C=O) groups excluding carboxylic acids is 1. The van der Waals surface area contributed by atoms with Crippen LogP contribution in [-0.2, 0) is 4.84 Å². The first-order valence-electron chi connectivity index (χ1n) is 8.59. The predicted octanol–water partition coefficient (Wildman–Crippen LogP) is 2.33. The molecule has 1 N–H and O–H groups in total. The molecular weight excluding hydrogens is 332 g/mol. The van der Waals surface area contributed by atoms with E-state index in [1.807, 2.05) is 13.0 Å². The Bertz CT molecular complexity index is 746. The normalized spacial score (nSPS) is 16.1. The highest BCUT2D eigenvalue weighted by atomic mass is 16.7. The van der Waals surface area contributed by atoms with Gasteiger partial charge in [-0.3, -0.25) is 4.84 Å². The van der Waals surface area contributed by atoms with Gasteiger partial charge < -0.3 is 4.90 Å². The first-order valence-corrected chi connectivity index (χ1v) is 8.59. The van der Waals surface area contributed by atoms with Crippen molar-refractivity contribution in [1.82, 2.24) is 30.3 Å². The van der Waals surface area contributed by atoms with Gasteiger partial charge in [0.15, 0.2) is 0 Å². The Morgan fingerprint density at radius 2 is 2.12 bits per heavy atom. The number of hydroxylamine groups is 1. The smallest absolute Gasteiger partial charge is 0.323 e. The summed E-state index contributed by atoms with van der Waals surface area (Å²) in [6.45, 7) is 6.68. The van der Waals surface area contributed by atoms with Gasteiger partial charge in [0.2, 0.25) is 0 Å². The third-order valence-corrected chi connectivity index (χ3v) is 4.34. The van der Waals surface area contributed by atoms with Crippen molar-refractivity contribution in [3.8, 4) is 11.3 Å². The highest BCUT2D eigenvalue weighted by Crippen LogP contribution is 2.26. The number of rotatable bonds is 5. The van der Waals surface area contributed by atoms with E-state index in [9.17, 15) is 4.79 Å². The van der Waals surface area contributed by atoms with E-state index in [2.05, 4.69) is 32.0 Å². The average molecular weight is 354 g/mol. The molecule has 0 aromatic carbocycles. The zero-order chi connectivity index (χ0) is 18.4. The molecule has 0 bridgehead atoms. The summed E-state index contributed by atoms with van der Waals surface area (Å²) in [5, 5.41) is 0. The molecule has 3 heterocycles. The van der Waals surface area contributed by atoms with Crippen LogP contribution in [-0.4, -0.2) is 50.1 Å². The molecule has 136 valence electrons. The molecular formula is C18H22N6O2. The number of carbonyl (C=O) groups is 1. The van der Waals surface area contributed by atoms with Gasteiger partial charge in [0.05, 0.1) is 5.69 Å². The summed E-state index contributed by atoms with van der Waals surface area (Å²) in [5.41, 5.74) is 4.13. The van der Waals surface area contributed by atoms with Crippen molar-refractivity contribution in [3.63, 3.8) is 0 Å². The van der Waals surface area contributed by atoms with E-state index >= 15 is 0 Å². The van der Waals surface area contributed by atoms with Gasteiger partial charge in [0.25, 0.3) is 0 Å². The van der Waals surface area contributed by atoms with Gasteiger partial charge in [-0.2, -0.15) is 0 Å². The van der Waals surface area contributed by atoms with E-state index in [-0.39, 0.29) is 18.1 Å². The summed E-state index contributed by atoms with van der Waals surface area (Å²) in [5.74, 6) is 1.01. The molecule has 26 heavy (non-hydrogen) atoms. The summed E-state index contributed by atoms with van der Waals surface area (Å²) in [6, 6.07) is 1.62. The maximum absolute atomic E-state index is 12.1. The fraction of sp³-hybridized carbons (Fsp3) is 0.389. The van der Waals surface area contributed by atoms with Crippen molar-refractivity contribution in [3.05, 3.63) is 49.5 Å². The fourth-order valence-electron chi connectivity index (χ4n) is 2.76. The van der Waals surface area contributed by atoms with Gasteiger partial charge >= 0.3 is 6.03 Å². The van der Waals surface area contributed by atoms with Crippen LogP contribution in [0.2, 0.25) is 0 Å². The minimum atomic E-state index is -0.228. The van der Waals surface area contributed by atoms with Gasteiger partial charge in [-0.15, -0.1) is 6.58 Å². The molecule has 2 aromatic rings. The molecule has 1 saturated heterocycles. The van der Waals surface area contributed by atoms with Crippen molar-refractivity contribution in [2.45, 2.75) is 31.8 Å². The molecule has 8 nitrogen and oxygen atoms in total. The van der Waals surface area contributed by atoms with E-state index in [1.54, 1.807) is 29.6 Å². The van der Waals surface area contributed by atoms with Crippen molar-refractivity contribution in [2.75, 3.05) is 13.1 Å². The Morgan fingerprint density at radius 1 is 1.38 bits per heavy atom. The van der Waals surface area contributed by atoms with Crippen LogP contribution in [0.15, 0.2) is 43.6 Å². The maximum Gasteiger partial charge on any atom is 0.341 e. The molecule has 0 radical (unpaired) electrons. The molecule has 1 unspecified atom stereocenters. The van der Waals surface area contributed by atoms with Gasteiger partial charge in [0, 0.05) is 43.2 Å². The SMILES string of the molecule is C=CC(C)ONC(=O)N1CCC(c2nccc(-c3cncnc3)n2)CC1. The Kier molecular flexibility index (Phi) is 5.85. The lowest BCUT2D eigenvalue weighted by molar-refractivity contribution is 0.0185. The molecule has 1 fully saturated rings. The number of urea groups is 1. The maximum atomic E-state index is 12.1. The van der Waals surface area contributed by atoms with Gasteiger partial charge in [0.1, 0.15) is 18.3 Å². The molecule has 1 atom stereocenters. The molecule has 1 aliphatic heterocycles. The van der Waals surface area contributed by atoms with Gasteiger partial charge in [-0.1, -0.05) is 6.08 Å². The van der Waals surface area contributed by atoms with Crippen molar-refractivity contribution in [1.29, 1.82) is 0 Å². The first-order chi connectivity index (χ1) is 12.7. The Hall–Kier alpha value is -2.87. The summed E-state index contributed by atoms with van der Waals surface area (Å²) in [6.07, 6.45) is 9.72. The lowest BCUT2D eigenvalue weighted by Gasteiger charge is -2.31. The standard InChI is InChI=1S/C18H22N6O2/c1-3-13(2)26-23-18(25)24-8-5-14(6-9-24)17-21-7-4-16(22-17)15-10-19-12-20-11-15/h3-4,7,10-14H,1,5-6,8-9H2,2H3,(H,23,25). The molecule has 0 saturated carbocycles. The highest BCUT2D eigenvalue weighted by molar-refractivity contribution is 5.73. The summed E-state index contributed by atoms with van der Waals surface area (Å²) in [7, 11) is 0. The van der Waals surface area contributed by atoms with Crippen LogP contribution in [0.1, 0.15) is 31.5 Å². The number of amides is 2. The zero-order valence-corrected chi connectivity index (χ0v) is 14.7. The predicted molar refractivity (Wildman–Crippen MR) is 95.9 cm³/mol. The van der Waals surface area contributed by atoms with Gasteiger partial charge in [-0.25, -0.2) is 30.2 Å². The third-order valence-electron chi connectivity index (χ3n) is 4.34. The number of aromatic nitrogens is 4. The summed E-state index contributed by atoms with van der Waals surface area (Å²) < 4.78 is 0. The quantitative estimate of drug-likeness (QED) is 0.654. The number of hydrogen-bond donors (Lipinski definition) is 1. The average Bonchev–Trinajstić information content (AvgIpc) is 2.72.